The number of pyridine rings is 1. The van der Waals surface area contributed by atoms with Crippen molar-refractivity contribution in [2.75, 3.05) is 18.1 Å². The van der Waals surface area contributed by atoms with Crippen LogP contribution in [0, 0.1) is 19.8 Å². The van der Waals surface area contributed by atoms with Gasteiger partial charge in [-0.2, -0.15) is 0 Å². The lowest BCUT2D eigenvalue weighted by Crippen LogP contribution is -2.24. The molecule has 0 aliphatic heterocycles. The molecule has 3 aromatic heterocycles. The Morgan fingerprint density at radius 1 is 1.18 bits per heavy atom. The average Bonchev–Trinajstić information content (AvgIpc) is 3.34. The summed E-state index contributed by atoms with van der Waals surface area (Å²) >= 11 is 3.18. The molecule has 0 aromatic carbocycles. The number of rotatable bonds is 8. The first-order chi connectivity index (χ1) is 15.9. The lowest BCUT2D eigenvalue weighted by Gasteiger charge is -2.21. The number of aliphatic hydroxyl groups is 3. The van der Waals surface area contributed by atoms with E-state index in [-0.39, 0.29) is 0 Å². The van der Waals surface area contributed by atoms with Crippen LogP contribution in [0.5, 0.6) is 0 Å². The molecule has 0 amide bonds. The van der Waals surface area contributed by atoms with E-state index in [4.69, 9.17) is 20.2 Å². The van der Waals surface area contributed by atoms with Crippen LogP contribution >= 0.6 is 23.1 Å². The number of thiazole rings is 1. The molecule has 3 aromatic rings. The van der Waals surface area contributed by atoms with E-state index >= 15 is 0 Å². The summed E-state index contributed by atoms with van der Waals surface area (Å²) in [6, 6.07) is 2.01. The highest BCUT2D eigenvalue weighted by Gasteiger charge is 2.46. The van der Waals surface area contributed by atoms with Gasteiger partial charge >= 0.3 is 0 Å². The van der Waals surface area contributed by atoms with Gasteiger partial charge in [-0.05, 0) is 65.2 Å². The van der Waals surface area contributed by atoms with Crippen molar-refractivity contribution in [3.05, 3.63) is 23.7 Å². The van der Waals surface area contributed by atoms with Crippen molar-refractivity contribution in [3.8, 4) is 10.6 Å². The van der Waals surface area contributed by atoms with Crippen molar-refractivity contribution in [2.45, 2.75) is 76.8 Å². The van der Waals surface area contributed by atoms with E-state index in [0.29, 0.717) is 5.92 Å². The molecule has 1 saturated carbocycles. The second kappa shape index (κ2) is 10.8. The van der Waals surface area contributed by atoms with Crippen LogP contribution in [0.4, 0.5) is 5.82 Å². The van der Waals surface area contributed by atoms with E-state index in [1.165, 1.54) is 25.6 Å². The number of thioether (sulfide) groups is 1. The summed E-state index contributed by atoms with van der Waals surface area (Å²) in [7, 11) is 0. The van der Waals surface area contributed by atoms with Gasteiger partial charge in [-0.15, -0.1) is 11.3 Å². The van der Waals surface area contributed by atoms with Crippen LogP contribution in [0.25, 0.3) is 20.8 Å². The normalized spacial score (nSPS) is 15.6. The van der Waals surface area contributed by atoms with E-state index < -0.39 is 11.4 Å². The third kappa shape index (κ3) is 6.85. The number of fused-ring (bicyclic) bond motifs is 1. The predicted octanol–water partition coefficient (Wildman–Crippen LogP) is 4.55. The molecule has 0 saturated heterocycles. The van der Waals surface area contributed by atoms with Gasteiger partial charge < -0.3 is 20.6 Å². The maximum atomic E-state index is 10.5. The first kappa shape index (κ1) is 26.7. The van der Waals surface area contributed by atoms with Crippen LogP contribution in [0.3, 0.4) is 0 Å². The van der Waals surface area contributed by atoms with Crippen molar-refractivity contribution in [2.24, 2.45) is 5.92 Å². The van der Waals surface area contributed by atoms with Gasteiger partial charge in [0.15, 0.2) is 10.9 Å². The fraction of sp³-hybridized carbons (Fsp3) is 0.583. The number of aryl methyl sites for hydroxylation is 2. The molecule has 4 N–H and O–H groups in total. The molecule has 4 rings (SSSR count). The Balaban J connectivity index is 0.000000588. The summed E-state index contributed by atoms with van der Waals surface area (Å²) < 4.78 is 1.12. The largest absolute Gasteiger partial charge is 0.390 e. The molecule has 34 heavy (non-hydrogen) atoms. The van der Waals surface area contributed by atoms with Gasteiger partial charge in [0.25, 0.3) is 0 Å². The lowest BCUT2D eigenvalue weighted by molar-refractivity contribution is -0.127. The number of hydrogen-bond donors (Lipinski definition) is 4. The van der Waals surface area contributed by atoms with Gasteiger partial charge in [-0.3, -0.25) is 4.98 Å². The van der Waals surface area contributed by atoms with Crippen LogP contribution in [-0.4, -0.2) is 59.4 Å². The maximum absolute atomic E-state index is 10.5. The Morgan fingerprint density at radius 2 is 1.85 bits per heavy atom. The number of anilines is 1. The first-order valence-electron chi connectivity index (χ1n) is 11.5. The highest BCUT2D eigenvalue weighted by Crippen LogP contribution is 2.45. The molecule has 8 nitrogen and oxygen atoms in total. The second-order valence-electron chi connectivity index (χ2n) is 9.20. The predicted molar refractivity (Wildman–Crippen MR) is 139 cm³/mol. The summed E-state index contributed by atoms with van der Waals surface area (Å²) in [4.78, 5) is 18.6. The van der Waals surface area contributed by atoms with Gasteiger partial charge in [-0.1, -0.05) is 25.1 Å². The van der Waals surface area contributed by atoms with E-state index in [1.807, 2.05) is 32.4 Å². The Hall–Kier alpha value is -1.85. The Labute approximate surface area is 209 Å². The summed E-state index contributed by atoms with van der Waals surface area (Å²) in [5.74, 6) is -0.346. The molecule has 0 bridgehead atoms. The Morgan fingerprint density at radius 3 is 2.41 bits per heavy atom. The summed E-state index contributed by atoms with van der Waals surface area (Å²) in [6.45, 7) is 9.52. The second-order valence-corrected chi connectivity index (χ2v) is 11.0. The molecule has 0 spiro atoms. The Bertz CT molecular complexity index is 1120. The fourth-order valence-electron chi connectivity index (χ4n) is 3.87. The minimum absolute atomic E-state index is 0.331. The van der Waals surface area contributed by atoms with E-state index in [2.05, 4.69) is 22.2 Å². The molecule has 1 aliphatic rings. The van der Waals surface area contributed by atoms with Crippen molar-refractivity contribution in [1.29, 1.82) is 0 Å². The molecule has 1 atom stereocenters. The van der Waals surface area contributed by atoms with E-state index in [1.54, 1.807) is 11.3 Å². The zero-order valence-corrected chi connectivity index (χ0v) is 22.3. The first-order valence-corrected chi connectivity index (χ1v) is 13.6. The van der Waals surface area contributed by atoms with Gasteiger partial charge in [0.1, 0.15) is 16.3 Å². The topological polar surface area (TPSA) is 124 Å². The SMILES string of the molecule is CC(C)(O)O.CCC(CCNc1nc(SC)nc(C)c1-c1nc2c(C)nccc2s1)C1(O)CC1. The number of hydrogen-bond acceptors (Lipinski definition) is 10. The summed E-state index contributed by atoms with van der Waals surface area (Å²) in [5.41, 5.74) is 3.31. The fourth-order valence-corrected chi connectivity index (χ4v) is 5.39. The minimum atomic E-state index is -1.50. The molecular formula is C24H35N5O3S2. The monoisotopic (exact) mass is 505 g/mol. The molecule has 0 radical (unpaired) electrons. The van der Waals surface area contributed by atoms with E-state index in [9.17, 15) is 5.11 Å². The van der Waals surface area contributed by atoms with Crippen LogP contribution in [0.1, 0.15) is 57.8 Å². The van der Waals surface area contributed by atoms with Gasteiger partial charge in [0, 0.05) is 12.7 Å². The minimum Gasteiger partial charge on any atom is -0.390 e. The van der Waals surface area contributed by atoms with Gasteiger partial charge in [-0.25, -0.2) is 15.0 Å². The van der Waals surface area contributed by atoms with Crippen LogP contribution < -0.4 is 5.32 Å². The van der Waals surface area contributed by atoms with Gasteiger partial charge in [0.2, 0.25) is 0 Å². The average molecular weight is 506 g/mol. The number of nitrogens with one attached hydrogen (secondary N) is 1. The highest BCUT2D eigenvalue weighted by atomic mass is 32.2. The molecule has 1 fully saturated rings. The van der Waals surface area contributed by atoms with Crippen molar-refractivity contribution in [3.63, 3.8) is 0 Å². The smallest absolute Gasteiger partial charge is 0.189 e. The molecule has 186 valence electrons. The standard InChI is InChI=1S/C21H27N5OS2.C3H8O2/c1-5-14(21(27)8-9-21)6-10-23-18-16(12(2)24-20(26-18)28-4)19-25-17-13(3)22-11-7-15(17)29-19;1-3(2,4)5/h7,11,14,27H,5-6,8-10H2,1-4H3,(H,23,24,26);4-5H,1-2H3. The number of nitrogens with zero attached hydrogens (tertiary/aromatic N) is 4. The molecule has 3 heterocycles. The van der Waals surface area contributed by atoms with Crippen molar-refractivity contribution >= 4 is 39.1 Å². The third-order valence-corrected chi connectivity index (χ3v) is 7.34. The zero-order valence-electron chi connectivity index (χ0n) is 20.7. The molecule has 10 heteroatoms. The summed E-state index contributed by atoms with van der Waals surface area (Å²) in [5, 5.41) is 31.8. The van der Waals surface area contributed by atoms with E-state index in [0.717, 1.165) is 75.4 Å². The molecule has 1 unspecified atom stereocenters. The summed E-state index contributed by atoms with van der Waals surface area (Å²) in [6.07, 6.45) is 7.59. The molecular weight excluding hydrogens is 470 g/mol. The van der Waals surface area contributed by atoms with Gasteiger partial charge in [0.05, 0.1) is 27.3 Å². The maximum Gasteiger partial charge on any atom is 0.189 e. The molecule has 1 aliphatic carbocycles. The third-order valence-electron chi connectivity index (χ3n) is 5.76. The van der Waals surface area contributed by atoms with Crippen LogP contribution in [0.15, 0.2) is 17.4 Å². The van der Waals surface area contributed by atoms with Crippen molar-refractivity contribution < 1.29 is 15.3 Å². The quantitative estimate of drug-likeness (QED) is 0.198. The number of aromatic nitrogens is 4. The van der Waals surface area contributed by atoms with Crippen LogP contribution in [-0.2, 0) is 0 Å². The zero-order chi connectivity index (χ0) is 25.1. The highest BCUT2D eigenvalue weighted by molar-refractivity contribution is 7.98. The Kier molecular flexibility index (Phi) is 8.51. The lowest BCUT2D eigenvalue weighted by atomic mass is 9.93. The van der Waals surface area contributed by atoms with Crippen molar-refractivity contribution in [1.82, 2.24) is 19.9 Å². The van der Waals surface area contributed by atoms with Crippen LogP contribution in [0.2, 0.25) is 0 Å².